The Morgan fingerprint density at radius 3 is 2.68 bits per heavy atom. The summed E-state index contributed by atoms with van der Waals surface area (Å²) < 4.78 is 40.9. The lowest BCUT2D eigenvalue weighted by Gasteiger charge is -2.11. The summed E-state index contributed by atoms with van der Waals surface area (Å²) >= 11 is 7.65. The van der Waals surface area contributed by atoms with Crippen molar-refractivity contribution >= 4 is 40.1 Å². The first-order chi connectivity index (χ1) is 16.3. The van der Waals surface area contributed by atoms with Crippen LogP contribution >= 0.6 is 22.9 Å². The molecule has 0 fully saturated rings. The van der Waals surface area contributed by atoms with Crippen LogP contribution in [0.2, 0.25) is 5.02 Å². The van der Waals surface area contributed by atoms with E-state index in [0.29, 0.717) is 16.4 Å². The fraction of sp³-hybridized carbons (Fsp3) is 0.208. The molecule has 10 heteroatoms. The third-order valence-corrected chi connectivity index (χ3v) is 7.00. The van der Waals surface area contributed by atoms with Crippen LogP contribution in [0, 0.1) is 0 Å². The predicted molar refractivity (Wildman–Crippen MR) is 125 cm³/mol. The molecule has 34 heavy (non-hydrogen) atoms. The van der Waals surface area contributed by atoms with Crippen molar-refractivity contribution in [2.75, 3.05) is 0 Å². The molecule has 0 saturated carbocycles. The molecule has 1 aliphatic rings. The summed E-state index contributed by atoms with van der Waals surface area (Å²) in [5.74, 6) is -0.983. The van der Waals surface area contributed by atoms with Gasteiger partial charge in [-0.2, -0.15) is 13.2 Å². The van der Waals surface area contributed by atoms with Crippen molar-refractivity contribution in [3.05, 3.63) is 80.9 Å². The van der Waals surface area contributed by atoms with E-state index in [-0.39, 0.29) is 5.56 Å². The number of imidazole rings is 1. The second-order valence-corrected chi connectivity index (χ2v) is 9.34. The third kappa shape index (κ3) is 4.33. The summed E-state index contributed by atoms with van der Waals surface area (Å²) in [4.78, 5) is 24.2. The highest BCUT2D eigenvalue weighted by Gasteiger charge is 2.31. The van der Waals surface area contributed by atoms with Gasteiger partial charge in [0.25, 0.3) is 0 Å². The highest BCUT2D eigenvalue weighted by Crippen LogP contribution is 2.35. The molecule has 2 aromatic carbocycles. The van der Waals surface area contributed by atoms with Crippen molar-refractivity contribution in [3.63, 3.8) is 0 Å². The van der Waals surface area contributed by atoms with Crippen LogP contribution in [0.1, 0.15) is 45.0 Å². The Bertz CT molecular complexity index is 1410. The Morgan fingerprint density at radius 1 is 1.15 bits per heavy atom. The van der Waals surface area contributed by atoms with Gasteiger partial charge in [-0.05, 0) is 56.0 Å². The zero-order chi connectivity index (χ0) is 23.9. The maximum atomic E-state index is 13.0. The zero-order valence-electron chi connectivity index (χ0n) is 17.6. The average Bonchev–Trinajstić information content (AvgIpc) is 3.35. The Labute approximate surface area is 201 Å². The normalized spacial score (nSPS) is 14.0. The van der Waals surface area contributed by atoms with E-state index in [4.69, 9.17) is 21.4 Å². The molecule has 0 aliphatic heterocycles. The van der Waals surface area contributed by atoms with Gasteiger partial charge in [0.1, 0.15) is 0 Å². The van der Waals surface area contributed by atoms with E-state index >= 15 is 0 Å². The molecule has 0 spiro atoms. The van der Waals surface area contributed by atoms with Gasteiger partial charge in [-0.1, -0.05) is 35.0 Å². The minimum absolute atomic E-state index is 0.240. The molecule has 5 rings (SSSR count). The zero-order valence-corrected chi connectivity index (χ0v) is 19.2. The lowest BCUT2D eigenvalue weighted by atomic mass is 10.0. The standard InChI is InChI=1S/C24H17ClF3N3O2S/c25-17-10-8-14(9-11-17)21-19(31-18-6-1-2-7-20(18)34-23(31)30-21)13-29-33-22(32)15-4-3-5-16(12-15)24(26,27)28/h3-5,8-13H,1-2,6-7H2/b29-13+. The van der Waals surface area contributed by atoms with Crippen LogP contribution in [0.3, 0.4) is 0 Å². The van der Waals surface area contributed by atoms with Crippen LogP contribution in [0.25, 0.3) is 16.2 Å². The molecule has 5 nitrogen and oxygen atoms in total. The summed E-state index contributed by atoms with van der Waals surface area (Å²) in [6, 6.07) is 11.2. The van der Waals surface area contributed by atoms with E-state index in [9.17, 15) is 18.0 Å². The molecule has 0 bridgehead atoms. The quantitative estimate of drug-likeness (QED) is 0.175. The number of hydrogen-bond acceptors (Lipinski definition) is 5. The molecule has 0 unspecified atom stereocenters. The first-order valence-electron chi connectivity index (χ1n) is 10.5. The lowest BCUT2D eigenvalue weighted by Crippen LogP contribution is -2.08. The number of aromatic nitrogens is 2. The number of nitrogens with zero attached hydrogens (tertiary/aromatic N) is 3. The van der Waals surface area contributed by atoms with Gasteiger partial charge in [0, 0.05) is 21.2 Å². The number of halogens is 4. The number of benzene rings is 2. The Balaban J connectivity index is 1.50. The van der Waals surface area contributed by atoms with Crippen LogP contribution in [0.5, 0.6) is 0 Å². The number of hydrogen-bond donors (Lipinski definition) is 0. The van der Waals surface area contributed by atoms with Gasteiger partial charge >= 0.3 is 12.1 Å². The maximum absolute atomic E-state index is 13.0. The minimum Gasteiger partial charge on any atom is -0.313 e. The molecule has 0 saturated heterocycles. The van der Waals surface area contributed by atoms with Crippen molar-refractivity contribution in [2.45, 2.75) is 31.9 Å². The molecule has 0 atom stereocenters. The second kappa shape index (κ2) is 8.88. The number of fused-ring (bicyclic) bond motifs is 3. The summed E-state index contributed by atoms with van der Waals surface area (Å²) in [6.45, 7) is 0. The number of carbonyl (C=O) groups excluding carboxylic acids is 1. The summed E-state index contributed by atoms with van der Waals surface area (Å²) in [5.41, 5.74) is 2.08. The highest BCUT2D eigenvalue weighted by atomic mass is 35.5. The topological polar surface area (TPSA) is 56.0 Å². The fourth-order valence-electron chi connectivity index (χ4n) is 4.00. The van der Waals surface area contributed by atoms with Crippen molar-refractivity contribution in [1.29, 1.82) is 0 Å². The number of alkyl halides is 3. The molecule has 0 N–H and O–H groups in total. The van der Waals surface area contributed by atoms with Crippen LogP contribution in [-0.4, -0.2) is 21.6 Å². The molecule has 2 heterocycles. The highest BCUT2D eigenvalue weighted by molar-refractivity contribution is 7.17. The van der Waals surface area contributed by atoms with E-state index < -0.39 is 17.7 Å². The van der Waals surface area contributed by atoms with E-state index in [1.54, 1.807) is 23.5 Å². The first kappa shape index (κ1) is 22.6. The summed E-state index contributed by atoms with van der Waals surface area (Å²) in [6.07, 6.45) is 0.899. The third-order valence-electron chi connectivity index (χ3n) is 5.61. The number of carbonyl (C=O) groups is 1. The summed E-state index contributed by atoms with van der Waals surface area (Å²) in [5, 5.41) is 4.42. The fourth-order valence-corrected chi connectivity index (χ4v) is 5.34. The number of aryl methyl sites for hydroxylation is 2. The predicted octanol–water partition coefficient (Wildman–Crippen LogP) is 6.80. The van der Waals surface area contributed by atoms with Crippen molar-refractivity contribution in [3.8, 4) is 11.3 Å². The molecular weight excluding hydrogens is 487 g/mol. The van der Waals surface area contributed by atoms with Gasteiger partial charge in [-0.3, -0.25) is 4.40 Å². The Kier molecular flexibility index (Phi) is 5.91. The Hall–Kier alpha value is -3.17. The van der Waals surface area contributed by atoms with Gasteiger partial charge in [0.05, 0.1) is 28.7 Å². The molecule has 174 valence electrons. The molecular formula is C24H17ClF3N3O2S. The van der Waals surface area contributed by atoms with Crippen LogP contribution in [0.4, 0.5) is 13.2 Å². The molecule has 0 radical (unpaired) electrons. The van der Waals surface area contributed by atoms with Crippen molar-refractivity contribution < 1.29 is 22.8 Å². The molecule has 2 aromatic heterocycles. The largest absolute Gasteiger partial charge is 0.416 e. The van der Waals surface area contributed by atoms with Crippen molar-refractivity contribution in [2.24, 2.45) is 5.16 Å². The average molecular weight is 504 g/mol. The van der Waals surface area contributed by atoms with Gasteiger partial charge in [-0.15, -0.1) is 11.3 Å². The van der Waals surface area contributed by atoms with Crippen LogP contribution in [-0.2, 0) is 23.9 Å². The number of oxime groups is 1. The second-order valence-electron chi connectivity index (χ2n) is 7.84. The number of thiazole rings is 1. The van der Waals surface area contributed by atoms with Crippen molar-refractivity contribution in [1.82, 2.24) is 9.38 Å². The monoisotopic (exact) mass is 503 g/mol. The smallest absolute Gasteiger partial charge is 0.313 e. The summed E-state index contributed by atoms with van der Waals surface area (Å²) in [7, 11) is 0. The van der Waals surface area contributed by atoms with Gasteiger partial charge in [0.15, 0.2) is 4.96 Å². The molecule has 1 aliphatic carbocycles. The van der Waals surface area contributed by atoms with Crippen LogP contribution < -0.4 is 0 Å². The van der Waals surface area contributed by atoms with E-state index in [0.717, 1.165) is 60.1 Å². The molecule has 0 amide bonds. The van der Waals surface area contributed by atoms with Gasteiger partial charge < -0.3 is 4.84 Å². The van der Waals surface area contributed by atoms with E-state index in [1.807, 2.05) is 16.5 Å². The number of rotatable bonds is 4. The van der Waals surface area contributed by atoms with E-state index in [2.05, 4.69) is 5.16 Å². The van der Waals surface area contributed by atoms with Gasteiger partial charge in [-0.25, -0.2) is 9.78 Å². The first-order valence-corrected chi connectivity index (χ1v) is 11.7. The van der Waals surface area contributed by atoms with E-state index in [1.165, 1.54) is 17.2 Å². The minimum atomic E-state index is -4.56. The molecule has 4 aromatic rings. The lowest BCUT2D eigenvalue weighted by molar-refractivity contribution is -0.137. The maximum Gasteiger partial charge on any atom is 0.416 e. The Morgan fingerprint density at radius 2 is 1.91 bits per heavy atom. The van der Waals surface area contributed by atoms with Crippen LogP contribution in [0.15, 0.2) is 53.7 Å². The van der Waals surface area contributed by atoms with Gasteiger partial charge in [0.2, 0.25) is 0 Å². The SMILES string of the molecule is O=C(O/N=C/c1c(-c2ccc(Cl)cc2)nc2sc3c(n12)CCCC3)c1cccc(C(F)(F)F)c1.